The SMILES string of the molecule is CC(=O)c1ccccc1.Cc1ccccc1.Cl. The van der Waals surface area contributed by atoms with Gasteiger partial charge in [-0.25, -0.2) is 0 Å². The van der Waals surface area contributed by atoms with Crippen LogP contribution in [0.2, 0.25) is 0 Å². The van der Waals surface area contributed by atoms with Gasteiger partial charge in [0.15, 0.2) is 5.78 Å². The Bertz CT molecular complexity index is 423. The summed E-state index contributed by atoms with van der Waals surface area (Å²) in [4.78, 5) is 10.6. The predicted octanol–water partition coefficient (Wildman–Crippen LogP) is 4.31. The molecule has 0 N–H and O–H groups in total. The molecular weight excluding hydrogens is 232 g/mol. The Labute approximate surface area is 109 Å². The summed E-state index contributed by atoms with van der Waals surface area (Å²) >= 11 is 0. The highest BCUT2D eigenvalue weighted by atomic mass is 35.5. The van der Waals surface area contributed by atoms with E-state index in [0.29, 0.717) is 0 Å². The van der Waals surface area contributed by atoms with Gasteiger partial charge in [-0.3, -0.25) is 4.79 Å². The predicted molar refractivity (Wildman–Crippen MR) is 74.9 cm³/mol. The number of rotatable bonds is 1. The molecule has 90 valence electrons. The molecule has 17 heavy (non-hydrogen) atoms. The Kier molecular flexibility index (Phi) is 7.74. The van der Waals surface area contributed by atoms with E-state index in [1.807, 2.05) is 48.5 Å². The molecule has 1 nitrogen and oxygen atoms in total. The monoisotopic (exact) mass is 248 g/mol. The normalized spacial score (nSPS) is 8.35. The summed E-state index contributed by atoms with van der Waals surface area (Å²) < 4.78 is 0. The van der Waals surface area contributed by atoms with Crippen LogP contribution in [-0.2, 0) is 0 Å². The van der Waals surface area contributed by atoms with E-state index in [0.717, 1.165) is 5.56 Å². The summed E-state index contributed by atoms with van der Waals surface area (Å²) in [6, 6.07) is 19.5. The lowest BCUT2D eigenvalue weighted by Gasteiger charge is -1.89. The molecular formula is C15H17ClO. The fourth-order valence-corrected chi connectivity index (χ4v) is 1.21. The number of carbonyl (C=O) groups excluding carboxylic acids is 1. The number of ketones is 1. The molecule has 0 spiro atoms. The zero-order valence-corrected chi connectivity index (χ0v) is 10.9. The van der Waals surface area contributed by atoms with E-state index in [9.17, 15) is 4.79 Å². The second-order valence-electron chi connectivity index (χ2n) is 3.58. The molecule has 0 aromatic heterocycles. The largest absolute Gasteiger partial charge is 0.295 e. The summed E-state index contributed by atoms with van der Waals surface area (Å²) in [5.41, 5.74) is 2.10. The van der Waals surface area contributed by atoms with Crippen molar-refractivity contribution in [3.05, 3.63) is 71.8 Å². The molecule has 0 aliphatic rings. The van der Waals surface area contributed by atoms with Crippen molar-refractivity contribution < 1.29 is 4.79 Å². The van der Waals surface area contributed by atoms with Gasteiger partial charge in [0.2, 0.25) is 0 Å². The van der Waals surface area contributed by atoms with Gasteiger partial charge in [0.1, 0.15) is 0 Å². The lowest BCUT2D eigenvalue weighted by molar-refractivity contribution is 0.101. The minimum atomic E-state index is 0. The first-order valence-corrected chi connectivity index (χ1v) is 5.28. The second-order valence-corrected chi connectivity index (χ2v) is 3.58. The van der Waals surface area contributed by atoms with Gasteiger partial charge in [-0.15, -0.1) is 12.4 Å². The minimum Gasteiger partial charge on any atom is -0.295 e. The van der Waals surface area contributed by atoms with E-state index in [1.165, 1.54) is 5.56 Å². The molecule has 2 rings (SSSR count). The fourth-order valence-electron chi connectivity index (χ4n) is 1.21. The van der Waals surface area contributed by atoms with Crippen LogP contribution < -0.4 is 0 Å². The van der Waals surface area contributed by atoms with Crippen LogP contribution in [0.5, 0.6) is 0 Å². The maximum Gasteiger partial charge on any atom is 0.159 e. The summed E-state index contributed by atoms with van der Waals surface area (Å²) in [5.74, 6) is 0.121. The number of carbonyl (C=O) groups is 1. The lowest BCUT2D eigenvalue weighted by atomic mass is 10.2. The first-order chi connectivity index (χ1) is 7.70. The standard InChI is InChI=1S/C8H8O.C7H8.ClH/c1-7(9)8-5-3-2-4-6-8;1-7-5-3-2-4-6-7;/h2-6H,1H3;2-6H,1H3;1H. The maximum absolute atomic E-state index is 10.6. The number of hydrogen-bond donors (Lipinski definition) is 0. The fraction of sp³-hybridized carbons (Fsp3) is 0.133. The van der Waals surface area contributed by atoms with Gasteiger partial charge in [0.05, 0.1) is 0 Å². The van der Waals surface area contributed by atoms with Crippen LogP contribution in [0, 0.1) is 6.92 Å². The van der Waals surface area contributed by atoms with Crippen molar-refractivity contribution in [1.82, 2.24) is 0 Å². The van der Waals surface area contributed by atoms with Gasteiger partial charge in [-0.1, -0.05) is 66.2 Å². The van der Waals surface area contributed by atoms with Gasteiger partial charge in [0.25, 0.3) is 0 Å². The average Bonchev–Trinajstić information content (AvgIpc) is 2.32. The van der Waals surface area contributed by atoms with E-state index in [4.69, 9.17) is 0 Å². The van der Waals surface area contributed by atoms with Crippen LogP contribution in [0.3, 0.4) is 0 Å². The van der Waals surface area contributed by atoms with Crippen molar-refractivity contribution in [1.29, 1.82) is 0 Å². The molecule has 0 saturated heterocycles. The third-order valence-electron chi connectivity index (χ3n) is 2.12. The smallest absolute Gasteiger partial charge is 0.159 e. The molecule has 0 bridgehead atoms. The summed E-state index contributed by atoms with van der Waals surface area (Å²) in [6.45, 7) is 3.65. The molecule has 0 aliphatic heterocycles. The van der Waals surface area contributed by atoms with Crippen molar-refractivity contribution >= 4 is 18.2 Å². The first-order valence-electron chi connectivity index (χ1n) is 5.28. The minimum absolute atomic E-state index is 0. The van der Waals surface area contributed by atoms with Crippen LogP contribution in [-0.4, -0.2) is 5.78 Å². The van der Waals surface area contributed by atoms with Crippen molar-refractivity contribution in [3.8, 4) is 0 Å². The quantitative estimate of drug-likeness (QED) is 0.688. The molecule has 0 heterocycles. The third kappa shape index (κ3) is 6.54. The highest BCUT2D eigenvalue weighted by Gasteiger charge is 1.92. The topological polar surface area (TPSA) is 17.1 Å². The first kappa shape index (κ1) is 15.4. The molecule has 0 fully saturated rings. The van der Waals surface area contributed by atoms with E-state index in [-0.39, 0.29) is 18.2 Å². The van der Waals surface area contributed by atoms with Crippen LogP contribution in [0.4, 0.5) is 0 Å². The van der Waals surface area contributed by atoms with Crippen LogP contribution in [0.25, 0.3) is 0 Å². The number of Topliss-reactive ketones (excluding diaryl/α,β-unsaturated/α-hetero) is 1. The Hall–Kier alpha value is -1.60. The molecule has 2 heteroatoms. The summed E-state index contributed by atoms with van der Waals surface area (Å²) in [6.07, 6.45) is 0. The highest BCUT2D eigenvalue weighted by molar-refractivity contribution is 5.93. The molecule has 0 amide bonds. The van der Waals surface area contributed by atoms with Crippen molar-refractivity contribution in [3.63, 3.8) is 0 Å². The van der Waals surface area contributed by atoms with Gasteiger partial charge in [-0.05, 0) is 13.8 Å². The molecule has 0 unspecified atom stereocenters. The Morgan fingerprint density at radius 3 is 1.47 bits per heavy atom. The van der Waals surface area contributed by atoms with E-state index < -0.39 is 0 Å². The van der Waals surface area contributed by atoms with Crippen LogP contribution >= 0.6 is 12.4 Å². The number of aryl methyl sites for hydroxylation is 1. The molecule has 2 aromatic rings. The van der Waals surface area contributed by atoms with Crippen molar-refractivity contribution in [2.45, 2.75) is 13.8 Å². The van der Waals surface area contributed by atoms with E-state index >= 15 is 0 Å². The summed E-state index contributed by atoms with van der Waals surface area (Å²) in [5, 5.41) is 0. The van der Waals surface area contributed by atoms with Gasteiger partial charge in [-0.2, -0.15) is 0 Å². The number of halogens is 1. The maximum atomic E-state index is 10.6. The van der Waals surface area contributed by atoms with E-state index in [2.05, 4.69) is 19.1 Å². The number of benzene rings is 2. The Balaban J connectivity index is 0.000000292. The molecule has 2 aromatic carbocycles. The zero-order chi connectivity index (χ0) is 11.8. The van der Waals surface area contributed by atoms with Crippen molar-refractivity contribution in [2.24, 2.45) is 0 Å². The molecule has 0 radical (unpaired) electrons. The third-order valence-corrected chi connectivity index (χ3v) is 2.12. The Morgan fingerprint density at radius 1 is 0.824 bits per heavy atom. The Morgan fingerprint density at radius 2 is 1.24 bits per heavy atom. The van der Waals surface area contributed by atoms with Crippen LogP contribution in [0.15, 0.2) is 60.7 Å². The molecule has 0 aliphatic carbocycles. The highest BCUT2D eigenvalue weighted by Crippen LogP contribution is 1.97. The zero-order valence-electron chi connectivity index (χ0n) is 10.1. The van der Waals surface area contributed by atoms with Gasteiger partial charge in [0, 0.05) is 5.56 Å². The number of hydrogen-bond acceptors (Lipinski definition) is 1. The summed E-state index contributed by atoms with van der Waals surface area (Å²) in [7, 11) is 0. The van der Waals surface area contributed by atoms with Crippen molar-refractivity contribution in [2.75, 3.05) is 0 Å². The lowest BCUT2D eigenvalue weighted by Crippen LogP contribution is -1.88. The molecule has 0 atom stereocenters. The van der Waals surface area contributed by atoms with E-state index in [1.54, 1.807) is 6.92 Å². The molecule has 0 saturated carbocycles. The van der Waals surface area contributed by atoms with Gasteiger partial charge < -0.3 is 0 Å². The van der Waals surface area contributed by atoms with Gasteiger partial charge >= 0.3 is 0 Å². The average molecular weight is 249 g/mol. The van der Waals surface area contributed by atoms with Crippen LogP contribution in [0.1, 0.15) is 22.8 Å². The second kappa shape index (κ2) is 8.54.